The topological polar surface area (TPSA) is 65.1 Å². The monoisotopic (exact) mass is 387 g/mol. The van der Waals surface area contributed by atoms with E-state index in [4.69, 9.17) is 14.2 Å². The molecular formula is C22H29NO5. The number of ether oxygens (including phenoxy) is 3. The molecule has 2 fully saturated rings. The molecule has 28 heavy (non-hydrogen) atoms. The SMILES string of the molecule is COc1cc2c(cc1OC)CN(C(=O)COC(=O)C[C@@H]1C[C@H]3CC[C@@H]1C3)CC2. The number of amides is 1. The maximum Gasteiger partial charge on any atom is 0.306 e. The summed E-state index contributed by atoms with van der Waals surface area (Å²) in [7, 11) is 3.22. The van der Waals surface area contributed by atoms with Crippen molar-refractivity contribution in [3.8, 4) is 11.5 Å². The Balaban J connectivity index is 1.29. The Bertz CT molecular complexity index is 762. The van der Waals surface area contributed by atoms with Crippen LogP contribution in [-0.2, 0) is 27.3 Å². The molecule has 1 amide bonds. The van der Waals surface area contributed by atoms with Gasteiger partial charge in [0, 0.05) is 19.5 Å². The van der Waals surface area contributed by atoms with Gasteiger partial charge in [-0.1, -0.05) is 6.42 Å². The van der Waals surface area contributed by atoms with Gasteiger partial charge in [0.25, 0.3) is 5.91 Å². The number of carbonyl (C=O) groups is 2. The summed E-state index contributed by atoms with van der Waals surface area (Å²) in [5.41, 5.74) is 2.21. The lowest BCUT2D eigenvalue weighted by Gasteiger charge is -2.29. The van der Waals surface area contributed by atoms with Gasteiger partial charge >= 0.3 is 5.97 Å². The second kappa shape index (κ2) is 8.02. The summed E-state index contributed by atoms with van der Waals surface area (Å²) in [6, 6.07) is 3.90. The summed E-state index contributed by atoms with van der Waals surface area (Å²) in [4.78, 5) is 26.5. The first kappa shape index (κ1) is 19.1. The van der Waals surface area contributed by atoms with E-state index in [1.165, 1.54) is 19.3 Å². The van der Waals surface area contributed by atoms with Crippen LogP contribution >= 0.6 is 0 Å². The second-order valence-corrected chi connectivity index (χ2v) is 8.34. The predicted octanol–water partition coefficient (Wildman–Crippen LogP) is 2.96. The van der Waals surface area contributed by atoms with Gasteiger partial charge in [0.1, 0.15) is 0 Å². The Hall–Kier alpha value is -2.24. The Kier molecular flexibility index (Phi) is 5.47. The molecule has 2 bridgehead atoms. The predicted molar refractivity (Wildman–Crippen MR) is 103 cm³/mol. The van der Waals surface area contributed by atoms with E-state index in [9.17, 15) is 9.59 Å². The van der Waals surface area contributed by atoms with Gasteiger partial charge in [-0.2, -0.15) is 0 Å². The van der Waals surface area contributed by atoms with Crippen LogP contribution in [0.2, 0.25) is 0 Å². The molecule has 2 aliphatic carbocycles. The van der Waals surface area contributed by atoms with E-state index in [-0.39, 0.29) is 18.5 Å². The van der Waals surface area contributed by atoms with Gasteiger partial charge in [0.05, 0.1) is 14.2 Å². The lowest BCUT2D eigenvalue weighted by molar-refractivity contribution is -0.153. The summed E-state index contributed by atoms with van der Waals surface area (Å²) >= 11 is 0. The molecule has 152 valence electrons. The Morgan fingerprint density at radius 3 is 2.46 bits per heavy atom. The molecule has 6 heteroatoms. The van der Waals surface area contributed by atoms with Crippen molar-refractivity contribution in [1.82, 2.24) is 4.90 Å². The van der Waals surface area contributed by atoms with Crippen LogP contribution in [-0.4, -0.2) is 44.1 Å². The quantitative estimate of drug-likeness (QED) is 0.702. The third-order valence-electron chi connectivity index (χ3n) is 6.74. The van der Waals surface area contributed by atoms with Gasteiger partial charge in [-0.3, -0.25) is 9.59 Å². The molecule has 1 heterocycles. The van der Waals surface area contributed by atoms with E-state index in [1.54, 1.807) is 19.1 Å². The van der Waals surface area contributed by atoms with Crippen LogP contribution in [0.25, 0.3) is 0 Å². The molecule has 0 aromatic heterocycles. The number of benzene rings is 1. The summed E-state index contributed by atoms with van der Waals surface area (Å²) in [6.07, 6.45) is 6.22. The van der Waals surface area contributed by atoms with E-state index in [1.807, 2.05) is 12.1 Å². The van der Waals surface area contributed by atoms with Crippen molar-refractivity contribution in [3.63, 3.8) is 0 Å². The maximum atomic E-state index is 12.5. The first-order valence-corrected chi connectivity index (χ1v) is 10.2. The zero-order valence-corrected chi connectivity index (χ0v) is 16.7. The zero-order chi connectivity index (χ0) is 19.7. The summed E-state index contributed by atoms with van der Waals surface area (Å²) < 4.78 is 16.0. The Morgan fingerprint density at radius 2 is 1.82 bits per heavy atom. The highest BCUT2D eigenvalue weighted by molar-refractivity contribution is 5.81. The van der Waals surface area contributed by atoms with Gasteiger partial charge in [-0.25, -0.2) is 0 Å². The fraction of sp³-hybridized carbons (Fsp3) is 0.636. The van der Waals surface area contributed by atoms with Crippen LogP contribution in [0, 0.1) is 17.8 Å². The summed E-state index contributed by atoms with van der Waals surface area (Å²) in [6.45, 7) is 0.950. The molecule has 0 radical (unpaired) electrons. The number of nitrogens with zero attached hydrogens (tertiary/aromatic N) is 1. The molecule has 4 rings (SSSR count). The van der Waals surface area contributed by atoms with E-state index in [0.29, 0.717) is 42.8 Å². The minimum Gasteiger partial charge on any atom is -0.493 e. The number of carbonyl (C=O) groups excluding carboxylic acids is 2. The van der Waals surface area contributed by atoms with Crippen molar-refractivity contribution in [3.05, 3.63) is 23.3 Å². The number of esters is 1. The molecule has 6 nitrogen and oxygen atoms in total. The average Bonchev–Trinajstić information content (AvgIpc) is 3.33. The molecule has 2 saturated carbocycles. The third kappa shape index (κ3) is 3.82. The van der Waals surface area contributed by atoms with Crippen molar-refractivity contribution in [2.24, 2.45) is 17.8 Å². The van der Waals surface area contributed by atoms with Crippen LogP contribution < -0.4 is 9.47 Å². The fourth-order valence-electron chi connectivity index (χ4n) is 5.23. The fourth-order valence-corrected chi connectivity index (χ4v) is 5.23. The van der Waals surface area contributed by atoms with Gasteiger partial charge in [0.2, 0.25) is 0 Å². The highest BCUT2D eigenvalue weighted by atomic mass is 16.5. The van der Waals surface area contributed by atoms with Crippen molar-refractivity contribution in [2.75, 3.05) is 27.4 Å². The highest BCUT2D eigenvalue weighted by Gasteiger charge is 2.40. The van der Waals surface area contributed by atoms with E-state index in [0.717, 1.165) is 29.9 Å². The number of rotatable bonds is 6. The average molecular weight is 387 g/mol. The zero-order valence-electron chi connectivity index (χ0n) is 16.7. The molecule has 1 aliphatic heterocycles. The molecule has 0 spiro atoms. The normalized spacial score (nSPS) is 25.4. The smallest absolute Gasteiger partial charge is 0.306 e. The minimum absolute atomic E-state index is 0.137. The van der Waals surface area contributed by atoms with E-state index in [2.05, 4.69) is 0 Å². The largest absolute Gasteiger partial charge is 0.493 e. The van der Waals surface area contributed by atoms with Crippen LogP contribution in [0.5, 0.6) is 11.5 Å². The van der Waals surface area contributed by atoms with Crippen LogP contribution in [0.15, 0.2) is 12.1 Å². The molecule has 0 N–H and O–H groups in total. The number of hydrogen-bond acceptors (Lipinski definition) is 5. The lowest BCUT2D eigenvalue weighted by atomic mass is 9.86. The van der Waals surface area contributed by atoms with Crippen molar-refractivity contribution < 1.29 is 23.8 Å². The van der Waals surface area contributed by atoms with Gasteiger partial charge in [-0.05, 0) is 66.7 Å². The number of hydrogen-bond donors (Lipinski definition) is 0. The third-order valence-corrected chi connectivity index (χ3v) is 6.74. The van der Waals surface area contributed by atoms with Gasteiger partial charge in [0.15, 0.2) is 18.1 Å². The van der Waals surface area contributed by atoms with E-state index >= 15 is 0 Å². The Morgan fingerprint density at radius 1 is 1.07 bits per heavy atom. The summed E-state index contributed by atoms with van der Waals surface area (Å²) in [5, 5.41) is 0. The molecule has 1 aromatic rings. The van der Waals surface area contributed by atoms with Crippen molar-refractivity contribution in [1.29, 1.82) is 0 Å². The van der Waals surface area contributed by atoms with Crippen molar-refractivity contribution in [2.45, 2.75) is 45.1 Å². The molecule has 0 saturated heterocycles. The minimum atomic E-state index is -0.227. The van der Waals surface area contributed by atoms with Gasteiger partial charge < -0.3 is 19.1 Å². The molecule has 3 atom stereocenters. The molecular weight excluding hydrogens is 358 g/mol. The number of methoxy groups -OCH3 is 2. The Labute approximate surface area is 166 Å². The highest BCUT2D eigenvalue weighted by Crippen LogP contribution is 2.49. The number of fused-ring (bicyclic) bond motifs is 3. The van der Waals surface area contributed by atoms with Gasteiger partial charge in [-0.15, -0.1) is 0 Å². The molecule has 3 aliphatic rings. The van der Waals surface area contributed by atoms with E-state index < -0.39 is 0 Å². The second-order valence-electron chi connectivity index (χ2n) is 8.34. The maximum absolute atomic E-state index is 12.5. The first-order valence-electron chi connectivity index (χ1n) is 10.2. The molecule has 1 aromatic carbocycles. The summed E-state index contributed by atoms with van der Waals surface area (Å²) in [5.74, 6) is 2.97. The van der Waals surface area contributed by atoms with Crippen molar-refractivity contribution >= 4 is 11.9 Å². The lowest BCUT2D eigenvalue weighted by Crippen LogP contribution is -2.38. The van der Waals surface area contributed by atoms with Crippen LogP contribution in [0.3, 0.4) is 0 Å². The van der Waals surface area contributed by atoms with Crippen LogP contribution in [0.1, 0.15) is 43.2 Å². The first-order chi connectivity index (χ1) is 13.6. The standard InChI is InChI=1S/C22H29NO5/c1-26-19-9-16-5-6-23(12-18(16)10-20(19)27-2)21(24)13-28-22(25)11-17-8-14-3-4-15(17)7-14/h9-10,14-15,17H,3-8,11-13H2,1-2H3/t14-,15+,17-/m0/s1. The van der Waals surface area contributed by atoms with Crippen LogP contribution in [0.4, 0.5) is 0 Å². The molecule has 0 unspecified atom stereocenters.